The minimum atomic E-state index is -3.39. The molecule has 9 heteroatoms. The molecule has 0 saturated carbocycles. The van der Waals surface area contributed by atoms with Crippen molar-refractivity contribution in [1.29, 1.82) is 0 Å². The number of aliphatic carboxylic acids is 1. The molecule has 8 nitrogen and oxygen atoms in total. The van der Waals surface area contributed by atoms with Crippen LogP contribution in [0.4, 0.5) is 4.79 Å². The summed E-state index contributed by atoms with van der Waals surface area (Å²) in [5, 5.41) is 13.7. The van der Waals surface area contributed by atoms with E-state index in [1.54, 1.807) is 20.8 Å². The van der Waals surface area contributed by atoms with Crippen molar-refractivity contribution in [3.05, 3.63) is 0 Å². The first-order valence-electron chi connectivity index (χ1n) is 6.05. The second kappa shape index (κ2) is 6.89. The van der Waals surface area contributed by atoms with Crippen molar-refractivity contribution in [2.45, 2.75) is 26.8 Å². The molecule has 0 aliphatic rings. The Hall–Kier alpha value is -1.35. The van der Waals surface area contributed by atoms with Gasteiger partial charge in [0.05, 0.1) is 5.75 Å². The molecule has 118 valence electrons. The molecular weight excluding hydrogens is 286 g/mol. The van der Waals surface area contributed by atoms with E-state index in [1.807, 2.05) is 0 Å². The minimum absolute atomic E-state index is 0.0944. The minimum Gasteiger partial charge on any atom is -0.480 e. The summed E-state index contributed by atoms with van der Waals surface area (Å²) in [6.45, 7) is 4.95. The number of carboxylic acids is 1. The van der Waals surface area contributed by atoms with E-state index in [-0.39, 0.29) is 12.3 Å². The smallest absolute Gasteiger partial charge is 0.326 e. The van der Waals surface area contributed by atoms with Gasteiger partial charge in [-0.3, -0.25) is 0 Å². The molecule has 0 fully saturated rings. The Bertz CT molecular complexity index is 453. The maximum atomic E-state index is 11.6. The van der Waals surface area contributed by atoms with Crippen LogP contribution in [0, 0.1) is 5.41 Å². The Morgan fingerprint density at radius 1 is 1.25 bits per heavy atom. The maximum absolute atomic E-state index is 11.6. The van der Waals surface area contributed by atoms with Crippen molar-refractivity contribution < 1.29 is 23.1 Å². The van der Waals surface area contributed by atoms with Crippen molar-refractivity contribution in [1.82, 2.24) is 14.9 Å². The monoisotopic (exact) mass is 309 g/mol. The quantitative estimate of drug-likeness (QED) is 0.621. The van der Waals surface area contributed by atoms with E-state index >= 15 is 0 Å². The van der Waals surface area contributed by atoms with Crippen LogP contribution in [-0.4, -0.2) is 62.3 Å². The molecule has 0 radical (unpaired) electrons. The lowest BCUT2D eigenvalue weighted by Crippen LogP contribution is -2.52. The van der Waals surface area contributed by atoms with Gasteiger partial charge in [0.15, 0.2) is 0 Å². The fourth-order valence-corrected chi connectivity index (χ4v) is 2.03. The van der Waals surface area contributed by atoms with Crippen LogP contribution in [-0.2, 0) is 14.8 Å². The van der Waals surface area contributed by atoms with E-state index < -0.39 is 33.5 Å². The van der Waals surface area contributed by atoms with Gasteiger partial charge in [0.25, 0.3) is 0 Å². The average molecular weight is 309 g/mol. The van der Waals surface area contributed by atoms with E-state index in [0.29, 0.717) is 0 Å². The van der Waals surface area contributed by atoms with Crippen LogP contribution >= 0.6 is 0 Å². The summed E-state index contributed by atoms with van der Waals surface area (Å²) < 4.78 is 24.0. The molecule has 0 aromatic heterocycles. The molecule has 1 atom stereocenters. The number of carboxylic acid groups (broad SMARTS) is 1. The second-order valence-electron chi connectivity index (χ2n) is 5.64. The number of carbonyl (C=O) groups is 2. The molecule has 0 aliphatic carbocycles. The molecular formula is C11H23N3O5S. The van der Waals surface area contributed by atoms with Crippen molar-refractivity contribution in [3.63, 3.8) is 0 Å². The van der Waals surface area contributed by atoms with Crippen molar-refractivity contribution >= 4 is 22.0 Å². The third kappa shape index (κ3) is 6.20. The van der Waals surface area contributed by atoms with Crippen molar-refractivity contribution in [3.8, 4) is 0 Å². The van der Waals surface area contributed by atoms with Crippen LogP contribution in [0.3, 0.4) is 0 Å². The van der Waals surface area contributed by atoms with Gasteiger partial charge in [-0.1, -0.05) is 20.8 Å². The van der Waals surface area contributed by atoms with Crippen LogP contribution in [0.2, 0.25) is 0 Å². The number of amides is 2. The maximum Gasteiger partial charge on any atom is 0.326 e. The number of nitrogens with zero attached hydrogens (tertiary/aromatic N) is 1. The number of rotatable bonds is 6. The normalized spacial score (nSPS) is 13.9. The Morgan fingerprint density at radius 3 is 2.10 bits per heavy atom. The molecule has 20 heavy (non-hydrogen) atoms. The third-order valence-electron chi connectivity index (χ3n) is 2.59. The highest BCUT2D eigenvalue weighted by Gasteiger charge is 2.32. The fourth-order valence-electron chi connectivity index (χ4n) is 1.31. The number of nitrogens with one attached hydrogen (secondary N) is 2. The summed E-state index contributed by atoms with van der Waals surface area (Å²) in [6, 6.07) is -1.77. The lowest BCUT2D eigenvalue weighted by molar-refractivity contribution is -0.141. The third-order valence-corrected chi connectivity index (χ3v) is 4.42. The van der Waals surface area contributed by atoms with Crippen LogP contribution in [0.5, 0.6) is 0 Å². The largest absolute Gasteiger partial charge is 0.480 e. The summed E-state index contributed by atoms with van der Waals surface area (Å²) in [4.78, 5) is 22.6. The molecule has 0 saturated heterocycles. The topological polar surface area (TPSA) is 116 Å². The van der Waals surface area contributed by atoms with E-state index in [9.17, 15) is 18.0 Å². The summed E-state index contributed by atoms with van der Waals surface area (Å²) in [6.07, 6.45) is 0. The van der Waals surface area contributed by atoms with E-state index in [0.717, 1.165) is 4.31 Å². The van der Waals surface area contributed by atoms with Gasteiger partial charge in [0, 0.05) is 20.6 Å². The number of carbonyl (C=O) groups excluding carboxylic acids is 1. The predicted molar refractivity (Wildman–Crippen MR) is 74.9 cm³/mol. The number of urea groups is 1. The molecule has 0 aliphatic heterocycles. The van der Waals surface area contributed by atoms with Gasteiger partial charge in [-0.05, 0) is 5.41 Å². The number of hydrogen-bond donors (Lipinski definition) is 3. The van der Waals surface area contributed by atoms with E-state index in [1.165, 1.54) is 14.1 Å². The highest BCUT2D eigenvalue weighted by molar-refractivity contribution is 7.89. The summed E-state index contributed by atoms with van der Waals surface area (Å²) >= 11 is 0. The first-order valence-corrected chi connectivity index (χ1v) is 7.66. The summed E-state index contributed by atoms with van der Waals surface area (Å²) in [7, 11) is -0.596. The zero-order valence-corrected chi connectivity index (χ0v) is 13.2. The van der Waals surface area contributed by atoms with Crippen LogP contribution in [0.15, 0.2) is 0 Å². The standard InChI is InChI=1S/C11H23N3O5S/c1-11(2,3)8(9(15)16)13-10(17)12-6-7-20(18,19)14(4)5/h8H,6-7H2,1-5H3,(H,15,16)(H2,12,13,17)/t8-/m0/s1. The Labute approximate surface area is 119 Å². The van der Waals surface area contributed by atoms with Gasteiger partial charge >= 0.3 is 12.0 Å². The molecule has 3 N–H and O–H groups in total. The molecule has 0 spiro atoms. The molecule has 2 amide bonds. The molecule has 0 heterocycles. The van der Waals surface area contributed by atoms with Crippen molar-refractivity contribution in [2.24, 2.45) is 5.41 Å². The first kappa shape index (κ1) is 18.7. The molecule has 0 aromatic rings. The van der Waals surface area contributed by atoms with E-state index in [4.69, 9.17) is 5.11 Å². The predicted octanol–water partition coefficient (Wildman–Crippen LogP) is -0.324. The second-order valence-corrected chi connectivity index (χ2v) is 7.94. The molecule has 0 rings (SSSR count). The fraction of sp³-hybridized carbons (Fsp3) is 0.818. The van der Waals surface area contributed by atoms with Gasteiger partial charge in [-0.25, -0.2) is 22.3 Å². The Morgan fingerprint density at radius 2 is 1.75 bits per heavy atom. The number of hydrogen-bond acceptors (Lipinski definition) is 4. The molecule has 0 bridgehead atoms. The summed E-state index contributed by atoms with van der Waals surface area (Å²) in [5.41, 5.74) is -0.654. The average Bonchev–Trinajstić information content (AvgIpc) is 2.23. The highest BCUT2D eigenvalue weighted by atomic mass is 32.2. The van der Waals surface area contributed by atoms with Gasteiger partial charge < -0.3 is 15.7 Å². The Kier molecular flexibility index (Phi) is 6.42. The van der Waals surface area contributed by atoms with Gasteiger partial charge in [0.1, 0.15) is 6.04 Å². The van der Waals surface area contributed by atoms with Crippen LogP contribution in [0.25, 0.3) is 0 Å². The lowest BCUT2D eigenvalue weighted by atomic mass is 9.87. The molecule has 0 unspecified atom stereocenters. The van der Waals surface area contributed by atoms with Crippen LogP contribution < -0.4 is 10.6 Å². The molecule has 0 aromatic carbocycles. The number of sulfonamides is 1. The SMILES string of the molecule is CN(C)S(=O)(=O)CCNC(=O)N[C@@H](C(=O)O)C(C)(C)C. The zero-order chi connectivity index (χ0) is 16.1. The van der Waals surface area contributed by atoms with Gasteiger partial charge in [0.2, 0.25) is 10.0 Å². The highest BCUT2D eigenvalue weighted by Crippen LogP contribution is 2.19. The lowest BCUT2D eigenvalue weighted by Gasteiger charge is -2.27. The van der Waals surface area contributed by atoms with E-state index in [2.05, 4.69) is 10.6 Å². The van der Waals surface area contributed by atoms with Gasteiger partial charge in [-0.2, -0.15) is 0 Å². The first-order chi connectivity index (χ1) is 8.88. The summed E-state index contributed by atoms with van der Waals surface area (Å²) in [5.74, 6) is -1.39. The van der Waals surface area contributed by atoms with Crippen molar-refractivity contribution in [2.75, 3.05) is 26.4 Å². The zero-order valence-electron chi connectivity index (χ0n) is 12.4. The van der Waals surface area contributed by atoms with Gasteiger partial charge in [-0.15, -0.1) is 0 Å². The van der Waals surface area contributed by atoms with Crippen LogP contribution in [0.1, 0.15) is 20.8 Å². The Balaban J connectivity index is 4.41.